The maximum Gasteiger partial charge on any atom is 0.255 e. The molecular formula is C13H17FN2O2. The maximum atomic E-state index is 12.8. The van der Waals surface area contributed by atoms with Crippen molar-refractivity contribution in [2.24, 2.45) is 5.73 Å². The molecule has 1 saturated carbocycles. The number of amides is 1. The Kier molecular flexibility index (Phi) is 3.52. The van der Waals surface area contributed by atoms with Crippen molar-refractivity contribution in [2.45, 2.75) is 31.2 Å². The van der Waals surface area contributed by atoms with Crippen molar-refractivity contribution in [3.63, 3.8) is 0 Å². The number of benzene rings is 1. The largest absolute Gasteiger partial charge is 0.507 e. The van der Waals surface area contributed by atoms with E-state index >= 15 is 0 Å². The van der Waals surface area contributed by atoms with Gasteiger partial charge in [0.25, 0.3) is 5.91 Å². The lowest BCUT2D eigenvalue weighted by molar-refractivity contribution is 0.0900. The molecule has 4 N–H and O–H groups in total. The van der Waals surface area contributed by atoms with Gasteiger partial charge in [0.2, 0.25) is 0 Å². The van der Waals surface area contributed by atoms with Crippen molar-refractivity contribution in [1.29, 1.82) is 0 Å². The van der Waals surface area contributed by atoms with Gasteiger partial charge in [-0.2, -0.15) is 0 Å². The molecule has 1 aromatic carbocycles. The van der Waals surface area contributed by atoms with Gasteiger partial charge >= 0.3 is 0 Å². The van der Waals surface area contributed by atoms with Gasteiger partial charge < -0.3 is 16.2 Å². The van der Waals surface area contributed by atoms with E-state index in [1.165, 1.54) is 6.07 Å². The van der Waals surface area contributed by atoms with Gasteiger partial charge in [-0.25, -0.2) is 4.39 Å². The zero-order valence-corrected chi connectivity index (χ0v) is 10.1. The molecule has 0 aliphatic heterocycles. The predicted molar refractivity (Wildman–Crippen MR) is 65.8 cm³/mol. The summed E-state index contributed by atoms with van der Waals surface area (Å²) in [6.07, 6.45) is 3.76. The van der Waals surface area contributed by atoms with Gasteiger partial charge in [0.1, 0.15) is 11.6 Å². The summed E-state index contributed by atoms with van der Waals surface area (Å²) in [5.74, 6) is -1.32. The molecule has 1 aromatic rings. The van der Waals surface area contributed by atoms with Crippen molar-refractivity contribution < 1.29 is 14.3 Å². The van der Waals surface area contributed by atoms with E-state index in [4.69, 9.17) is 5.73 Å². The van der Waals surface area contributed by atoms with Crippen molar-refractivity contribution in [1.82, 2.24) is 5.32 Å². The van der Waals surface area contributed by atoms with Gasteiger partial charge in [-0.15, -0.1) is 0 Å². The molecule has 5 heteroatoms. The number of halogens is 1. The normalized spacial score (nSPS) is 17.7. The SMILES string of the molecule is NCC1(NC(=O)c2ccc(F)cc2O)CCCC1. The number of aromatic hydroxyl groups is 1. The Morgan fingerprint density at radius 3 is 2.67 bits per heavy atom. The number of phenolic OH excluding ortho intramolecular Hbond substituents is 1. The lowest BCUT2D eigenvalue weighted by Gasteiger charge is -2.28. The number of nitrogens with one attached hydrogen (secondary N) is 1. The fraction of sp³-hybridized carbons (Fsp3) is 0.462. The summed E-state index contributed by atoms with van der Waals surface area (Å²) in [5.41, 5.74) is 5.42. The minimum Gasteiger partial charge on any atom is -0.507 e. The molecule has 1 fully saturated rings. The van der Waals surface area contributed by atoms with E-state index < -0.39 is 11.7 Å². The minimum absolute atomic E-state index is 0.0797. The van der Waals surface area contributed by atoms with Crippen molar-refractivity contribution in [3.8, 4) is 5.75 Å². The molecule has 0 bridgehead atoms. The molecule has 1 aliphatic carbocycles. The lowest BCUT2D eigenvalue weighted by atomic mass is 9.97. The van der Waals surface area contributed by atoms with Crippen LogP contribution in [0.2, 0.25) is 0 Å². The van der Waals surface area contributed by atoms with Crippen LogP contribution in [0.15, 0.2) is 18.2 Å². The van der Waals surface area contributed by atoms with Gasteiger partial charge in [0, 0.05) is 12.6 Å². The molecule has 98 valence electrons. The molecule has 0 unspecified atom stereocenters. The summed E-state index contributed by atoms with van der Waals surface area (Å²) in [7, 11) is 0. The quantitative estimate of drug-likeness (QED) is 0.763. The van der Waals surface area contributed by atoms with Crippen molar-refractivity contribution in [3.05, 3.63) is 29.6 Å². The second kappa shape index (κ2) is 4.94. The molecule has 0 aromatic heterocycles. The summed E-state index contributed by atoms with van der Waals surface area (Å²) < 4.78 is 12.8. The van der Waals surface area contributed by atoms with Crippen LogP contribution in [0.4, 0.5) is 4.39 Å². The molecule has 2 rings (SSSR count). The zero-order valence-electron chi connectivity index (χ0n) is 10.1. The third kappa shape index (κ3) is 2.46. The monoisotopic (exact) mass is 252 g/mol. The first-order valence-electron chi connectivity index (χ1n) is 6.07. The number of hydrogen-bond donors (Lipinski definition) is 3. The molecule has 0 heterocycles. The highest BCUT2D eigenvalue weighted by Gasteiger charge is 2.34. The average molecular weight is 252 g/mol. The molecule has 0 radical (unpaired) electrons. The highest BCUT2D eigenvalue weighted by molar-refractivity contribution is 5.97. The third-order valence-electron chi connectivity index (χ3n) is 3.53. The Morgan fingerprint density at radius 1 is 1.44 bits per heavy atom. The molecular weight excluding hydrogens is 235 g/mol. The van der Waals surface area contributed by atoms with Crippen LogP contribution in [0.5, 0.6) is 5.75 Å². The molecule has 0 saturated heterocycles. The second-order valence-electron chi connectivity index (χ2n) is 4.81. The smallest absolute Gasteiger partial charge is 0.255 e. The first-order valence-corrected chi connectivity index (χ1v) is 6.07. The first-order chi connectivity index (χ1) is 8.56. The van der Waals surface area contributed by atoms with Crippen molar-refractivity contribution in [2.75, 3.05) is 6.54 Å². The van der Waals surface area contributed by atoms with Crippen LogP contribution in [0.25, 0.3) is 0 Å². The third-order valence-corrected chi connectivity index (χ3v) is 3.53. The molecule has 18 heavy (non-hydrogen) atoms. The number of carbonyl (C=O) groups excluding carboxylic acids is 1. The Labute approximate surface area is 105 Å². The molecule has 1 aliphatic rings. The zero-order chi connectivity index (χ0) is 13.2. The molecule has 0 spiro atoms. The van der Waals surface area contributed by atoms with Gasteiger partial charge in [-0.3, -0.25) is 4.79 Å². The van der Waals surface area contributed by atoms with Crippen LogP contribution in [0.3, 0.4) is 0 Å². The summed E-state index contributed by atoms with van der Waals surface area (Å²) in [6, 6.07) is 3.36. The van der Waals surface area contributed by atoms with Crippen molar-refractivity contribution >= 4 is 5.91 Å². The summed E-state index contributed by atoms with van der Waals surface area (Å²) >= 11 is 0. The van der Waals surface area contributed by atoms with E-state index in [0.29, 0.717) is 6.54 Å². The number of hydrogen-bond acceptors (Lipinski definition) is 3. The average Bonchev–Trinajstić information content (AvgIpc) is 2.78. The number of rotatable bonds is 3. The van der Waals surface area contributed by atoms with E-state index in [0.717, 1.165) is 37.8 Å². The van der Waals surface area contributed by atoms with Crippen LogP contribution >= 0.6 is 0 Å². The number of nitrogens with two attached hydrogens (primary N) is 1. The summed E-state index contributed by atoms with van der Waals surface area (Å²) in [6.45, 7) is 0.376. The number of phenols is 1. The van der Waals surface area contributed by atoms with Crippen LogP contribution in [-0.4, -0.2) is 23.1 Å². The van der Waals surface area contributed by atoms with Gasteiger partial charge in [0.15, 0.2) is 0 Å². The standard InChI is InChI=1S/C13H17FN2O2/c14-9-3-4-10(11(17)7-9)12(18)16-13(8-15)5-1-2-6-13/h3-4,7,17H,1-2,5-6,8,15H2,(H,16,18). The lowest BCUT2D eigenvalue weighted by Crippen LogP contribution is -2.51. The summed E-state index contributed by atoms with van der Waals surface area (Å²) in [4.78, 5) is 12.0. The fourth-order valence-electron chi connectivity index (χ4n) is 2.44. The topological polar surface area (TPSA) is 75.3 Å². The van der Waals surface area contributed by atoms with E-state index in [9.17, 15) is 14.3 Å². The van der Waals surface area contributed by atoms with E-state index in [-0.39, 0.29) is 16.9 Å². The van der Waals surface area contributed by atoms with E-state index in [2.05, 4.69) is 5.32 Å². The van der Waals surface area contributed by atoms with Crippen LogP contribution in [0.1, 0.15) is 36.0 Å². The van der Waals surface area contributed by atoms with E-state index in [1.54, 1.807) is 0 Å². The predicted octanol–water partition coefficient (Wildman–Crippen LogP) is 1.53. The van der Waals surface area contributed by atoms with Crippen LogP contribution in [-0.2, 0) is 0 Å². The Hall–Kier alpha value is -1.62. The Balaban J connectivity index is 2.16. The van der Waals surface area contributed by atoms with Gasteiger partial charge in [0.05, 0.1) is 11.1 Å². The molecule has 4 nitrogen and oxygen atoms in total. The molecule has 1 amide bonds. The first kappa shape index (κ1) is 12.8. The van der Waals surface area contributed by atoms with Gasteiger partial charge in [-0.1, -0.05) is 12.8 Å². The highest BCUT2D eigenvalue weighted by Crippen LogP contribution is 2.29. The fourth-order valence-corrected chi connectivity index (χ4v) is 2.44. The van der Waals surface area contributed by atoms with E-state index in [1.807, 2.05) is 0 Å². The highest BCUT2D eigenvalue weighted by atomic mass is 19.1. The van der Waals surface area contributed by atoms with Crippen LogP contribution < -0.4 is 11.1 Å². The van der Waals surface area contributed by atoms with Gasteiger partial charge in [-0.05, 0) is 25.0 Å². The maximum absolute atomic E-state index is 12.8. The van der Waals surface area contributed by atoms with Crippen LogP contribution in [0, 0.1) is 5.82 Å². The Morgan fingerprint density at radius 2 is 2.11 bits per heavy atom. The minimum atomic E-state index is -0.571. The second-order valence-corrected chi connectivity index (χ2v) is 4.81. The Bertz CT molecular complexity index is 456. The molecule has 0 atom stereocenters. The summed E-state index contributed by atoms with van der Waals surface area (Å²) in [5, 5.41) is 12.4. The number of carbonyl (C=O) groups is 1.